The van der Waals surface area contributed by atoms with Crippen LogP contribution in [0, 0.1) is 11.3 Å². The number of hydrogen-bond donors (Lipinski definition) is 2. The van der Waals surface area contributed by atoms with E-state index in [4.69, 9.17) is 5.41 Å². The third kappa shape index (κ3) is 3.37. The SMILES string of the molecule is COC(=O)C(=N)NC(C)C(C)C. The Bertz CT molecular complexity index is 178. The van der Waals surface area contributed by atoms with Gasteiger partial charge in [0.05, 0.1) is 7.11 Å². The summed E-state index contributed by atoms with van der Waals surface area (Å²) in [5, 5.41) is 9.97. The average Bonchev–Trinajstić information content (AvgIpc) is 2.02. The molecule has 0 aromatic rings. The number of ether oxygens (including phenoxy) is 1. The highest BCUT2D eigenvalue weighted by Crippen LogP contribution is 1.99. The fourth-order valence-corrected chi connectivity index (χ4v) is 0.555. The summed E-state index contributed by atoms with van der Waals surface area (Å²) < 4.78 is 4.37. The van der Waals surface area contributed by atoms with Crippen molar-refractivity contribution in [3.8, 4) is 0 Å². The number of amidine groups is 1. The second-order valence-electron chi connectivity index (χ2n) is 3.04. The highest BCUT2D eigenvalue weighted by Gasteiger charge is 2.13. The molecule has 12 heavy (non-hydrogen) atoms. The maximum absolute atomic E-state index is 10.8. The van der Waals surface area contributed by atoms with Gasteiger partial charge in [-0.25, -0.2) is 4.79 Å². The first-order chi connectivity index (χ1) is 5.49. The largest absolute Gasteiger partial charge is 0.463 e. The Morgan fingerprint density at radius 1 is 1.42 bits per heavy atom. The predicted molar refractivity (Wildman–Crippen MR) is 47.2 cm³/mol. The van der Waals surface area contributed by atoms with Crippen LogP contribution in [0.2, 0.25) is 0 Å². The summed E-state index contributed by atoms with van der Waals surface area (Å²) in [4.78, 5) is 10.8. The lowest BCUT2D eigenvalue weighted by molar-refractivity contribution is -0.133. The van der Waals surface area contributed by atoms with Crippen LogP contribution in [0.4, 0.5) is 0 Å². The molecule has 4 heteroatoms. The molecule has 1 atom stereocenters. The summed E-state index contributed by atoms with van der Waals surface area (Å²) in [6.07, 6.45) is 0. The first-order valence-corrected chi connectivity index (χ1v) is 3.92. The van der Waals surface area contributed by atoms with E-state index in [1.165, 1.54) is 7.11 Å². The highest BCUT2D eigenvalue weighted by molar-refractivity contribution is 6.33. The molecule has 70 valence electrons. The van der Waals surface area contributed by atoms with E-state index in [0.29, 0.717) is 5.92 Å². The van der Waals surface area contributed by atoms with Crippen LogP contribution in [0.3, 0.4) is 0 Å². The van der Waals surface area contributed by atoms with Crippen LogP contribution in [0.5, 0.6) is 0 Å². The first-order valence-electron chi connectivity index (χ1n) is 3.92. The molecule has 0 aromatic heterocycles. The summed E-state index contributed by atoms with van der Waals surface area (Å²) in [5.41, 5.74) is 0. The summed E-state index contributed by atoms with van der Waals surface area (Å²) in [6, 6.07) is 0.108. The predicted octanol–water partition coefficient (Wildman–Crippen LogP) is 0.771. The molecular formula is C8H16N2O2. The topological polar surface area (TPSA) is 62.2 Å². The van der Waals surface area contributed by atoms with Gasteiger partial charge in [0.1, 0.15) is 0 Å². The van der Waals surface area contributed by atoms with Gasteiger partial charge in [0.2, 0.25) is 5.84 Å². The molecule has 0 saturated carbocycles. The zero-order chi connectivity index (χ0) is 9.72. The molecule has 4 nitrogen and oxygen atoms in total. The standard InChI is InChI=1S/C8H16N2O2/c1-5(2)6(3)10-7(9)8(11)12-4/h5-6H,1-4H3,(H2,9,10). The molecule has 0 radical (unpaired) electrons. The lowest BCUT2D eigenvalue weighted by Crippen LogP contribution is -2.40. The Balaban J connectivity index is 3.92. The quantitative estimate of drug-likeness (QED) is 0.367. The van der Waals surface area contributed by atoms with Crippen molar-refractivity contribution in [2.75, 3.05) is 7.11 Å². The number of carbonyl (C=O) groups excluding carboxylic acids is 1. The van der Waals surface area contributed by atoms with Crippen LogP contribution in [-0.4, -0.2) is 25.0 Å². The monoisotopic (exact) mass is 172 g/mol. The van der Waals surface area contributed by atoms with Crippen LogP contribution in [0.1, 0.15) is 20.8 Å². The van der Waals surface area contributed by atoms with E-state index in [-0.39, 0.29) is 11.9 Å². The van der Waals surface area contributed by atoms with Crippen molar-refractivity contribution in [1.82, 2.24) is 5.32 Å². The van der Waals surface area contributed by atoms with Gasteiger partial charge in [-0.1, -0.05) is 13.8 Å². The molecule has 0 heterocycles. The van der Waals surface area contributed by atoms with Crippen molar-refractivity contribution < 1.29 is 9.53 Å². The fourth-order valence-electron chi connectivity index (χ4n) is 0.555. The van der Waals surface area contributed by atoms with Gasteiger partial charge in [0.15, 0.2) is 0 Å². The minimum absolute atomic E-state index is 0.108. The highest BCUT2D eigenvalue weighted by atomic mass is 16.5. The maximum atomic E-state index is 10.8. The van der Waals surface area contributed by atoms with Crippen LogP contribution >= 0.6 is 0 Å². The molecule has 1 unspecified atom stereocenters. The van der Waals surface area contributed by atoms with Gasteiger partial charge in [-0.3, -0.25) is 5.41 Å². The summed E-state index contributed by atoms with van der Waals surface area (Å²) in [6.45, 7) is 5.95. The third-order valence-electron chi connectivity index (χ3n) is 1.76. The number of nitrogens with one attached hydrogen (secondary N) is 2. The van der Waals surface area contributed by atoms with E-state index in [1.54, 1.807) is 0 Å². The lowest BCUT2D eigenvalue weighted by atomic mass is 10.1. The second kappa shape index (κ2) is 4.74. The van der Waals surface area contributed by atoms with E-state index in [9.17, 15) is 4.79 Å². The van der Waals surface area contributed by atoms with E-state index >= 15 is 0 Å². The molecule has 0 aromatic carbocycles. The smallest absolute Gasteiger partial charge is 0.373 e. The van der Waals surface area contributed by atoms with Crippen molar-refractivity contribution in [1.29, 1.82) is 5.41 Å². The average molecular weight is 172 g/mol. The van der Waals surface area contributed by atoms with Gasteiger partial charge in [0.25, 0.3) is 0 Å². The van der Waals surface area contributed by atoms with E-state index in [0.717, 1.165) is 0 Å². The number of esters is 1. The number of hydrogen-bond acceptors (Lipinski definition) is 3. The Hall–Kier alpha value is -1.06. The lowest BCUT2D eigenvalue weighted by Gasteiger charge is -2.17. The van der Waals surface area contributed by atoms with Crippen molar-refractivity contribution in [2.45, 2.75) is 26.8 Å². The summed E-state index contributed by atoms with van der Waals surface area (Å²) >= 11 is 0. The Kier molecular flexibility index (Phi) is 4.33. The van der Waals surface area contributed by atoms with Crippen molar-refractivity contribution in [3.05, 3.63) is 0 Å². The third-order valence-corrected chi connectivity index (χ3v) is 1.76. The molecule has 2 N–H and O–H groups in total. The Morgan fingerprint density at radius 3 is 2.25 bits per heavy atom. The molecule has 0 spiro atoms. The Morgan fingerprint density at radius 2 is 1.92 bits per heavy atom. The minimum Gasteiger partial charge on any atom is -0.463 e. The molecule has 0 rings (SSSR count). The van der Waals surface area contributed by atoms with E-state index in [1.807, 2.05) is 20.8 Å². The van der Waals surface area contributed by atoms with Crippen molar-refractivity contribution in [2.24, 2.45) is 5.92 Å². The molecule has 0 bridgehead atoms. The van der Waals surface area contributed by atoms with Gasteiger partial charge >= 0.3 is 5.97 Å². The van der Waals surface area contributed by atoms with Crippen LogP contribution in [0.15, 0.2) is 0 Å². The van der Waals surface area contributed by atoms with Crippen LogP contribution in [-0.2, 0) is 9.53 Å². The Labute approximate surface area is 72.8 Å². The van der Waals surface area contributed by atoms with Gasteiger partial charge in [-0.2, -0.15) is 0 Å². The normalized spacial score (nSPS) is 12.4. The first kappa shape index (κ1) is 10.9. The zero-order valence-corrected chi connectivity index (χ0v) is 7.97. The fraction of sp³-hybridized carbons (Fsp3) is 0.750. The number of carbonyl (C=O) groups is 1. The van der Waals surface area contributed by atoms with Gasteiger partial charge in [-0.05, 0) is 12.8 Å². The van der Waals surface area contributed by atoms with Gasteiger partial charge < -0.3 is 10.1 Å². The molecule has 0 fully saturated rings. The van der Waals surface area contributed by atoms with E-state index < -0.39 is 5.97 Å². The molecule has 0 aliphatic carbocycles. The second-order valence-corrected chi connectivity index (χ2v) is 3.04. The van der Waals surface area contributed by atoms with Crippen LogP contribution in [0.25, 0.3) is 0 Å². The molecule has 0 saturated heterocycles. The van der Waals surface area contributed by atoms with Crippen molar-refractivity contribution >= 4 is 11.8 Å². The number of rotatable bonds is 2. The molecule has 0 aliphatic heterocycles. The zero-order valence-electron chi connectivity index (χ0n) is 7.97. The van der Waals surface area contributed by atoms with Gasteiger partial charge in [-0.15, -0.1) is 0 Å². The molecular weight excluding hydrogens is 156 g/mol. The summed E-state index contributed by atoms with van der Waals surface area (Å²) in [5.74, 6) is -0.420. The van der Waals surface area contributed by atoms with Gasteiger partial charge in [0, 0.05) is 6.04 Å². The minimum atomic E-state index is -0.623. The van der Waals surface area contributed by atoms with Crippen LogP contribution < -0.4 is 5.32 Å². The maximum Gasteiger partial charge on any atom is 0.373 e. The molecule has 0 aliphatic rings. The number of methoxy groups -OCH3 is 1. The van der Waals surface area contributed by atoms with Crippen molar-refractivity contribution in [3.63, 3.8) is 0 Å². The summed E-state index contributed by atoms with van der Waals surface area (Å²) in [7, 11) is 1.26. The molecule has 0 amide bonds. The van der Waals surface area contributed by atoms with E-state index in [2.05, 4.69) is 10.1 Å².